The van der Waals surface area contributed by atoms with E-state index in [9.17, 15) is 14.7 Å². The predicted octanol–water partition coefficient (Wildman–Crippen LogP) is 6.42. The van der Waals surface area contributed by atoms with Gasteiger partial charge >= 0.3 is 5.97 Å². The van der Waals surface area contributed by atoms with Crippen molar-refractivity contribution in [3.8, 4) is 0 Å². The third kappa shape index (κ3) is 24.0. The lowest BCUT2D eigenvalue weighted by atomic mass is 9.96. The zero-order chi connectivity index (χ0) is 25.7. The number of ether oxygens (including phenoxy) is 1. The fourth-order valence-electron chi connectivity index (χ4n) is 4.60. The minimum Gasteiger partial charge on any atom is -0.550 e. The van der Waals surface area contributed by atoms with Crippen LogP contribution in [0.3, 0.4) is 0 Å². The van der Waals surface area contributed by atoms with Crippen molar-refractivity contribution < 1.29 is 23.9 Å². The molecule has 0 aliphatic carbocycles. The first-order valence-corrected chi connectivity index (χ1v) is 14.3. The number of nitrogens with zero attached hydrogens (tertiary/aromatic N) is 1. The van der Waals surface area contributed by atoms with Crippen molar-refractivity contribution in [2.45, 2.75) is 142 Å². The van der Waals surface area contributed by atoms with Gasteiger partial charge in [-0.25, -0.2) is 0 Å². The first-order valence-electron chi connectivity index (χ1n) is 14.3. The molecule has 0 aliphatic heterocycles. The van der Waals surface area contributed by atoms with Gasteiger partial charge in [0, 0.05) is 18.8 Å². The van der Waals surface area contributed by atoms with Gasteiger partial charge in [-0.2, -0.15) is 0 Å². The van der Waals surface area contributed by atoms with Gasteiger partial charge in [-0.05, 0) is 12.3 Å². The number of carboxylic acid groups (broad SMARTS) is 1. The highest BCUT2D eigenvalue weighted by molar-refractivity contribution is 5.70. The molecular formula is C29H57NO4. The van der Waals surface area contributed by atoms with E-state index in [4.69, 9.17) is 4.74 Å². The molecule has 0 aromatic carbocycles. The molecule has 0 spiro atoms. The molecule has 202 valence electrons. The van der Waals surface area contributed by atoms with Crippen molar-refractivity contribution >= 4 is 11.9 Å². The summed E-state index contributed by atoms with van der Waals surface area (Å²) in [5, 5.41) is 10.9. The Bertz CT molecular complexity index is 501. The number of quaternary nitrogens is 1. The van der Waals surface area contributed by atoms with E-state index in [1.165, 1.54) is 89.9 Å². The average Bonchev–Trinajstić information content (AvgIpc) is 2.72. The van der Waals surface area contributed by atoms with Crippen molar-refractivity contribution in [3.05, 3.63) is 0 Å². The zero-order valence-corrected chi connectivity index (χ0v) is 23.4. The zero-order valence-electron chi connectivity index (χ0n) is 23.4. The van der Waals surface area contributed by atoms with Crippen molar-refractivity contribution in [2.75, 3.05) is 27.7 Å². The number of carbonyl (C=O) groups is 2. The summed E-state index contributed by atoms with van der Waals surface area (Å²) in [7, 11) is 5.86. The largest absolute Gasteiger partial charge is 0.550 e. The Morgan fingerprint density at radius 2 is 1.18 bits per heavy atom. The number of esters is 1. The molecule has 0 saturated heterocycles. The van der Waals surface area contributed by atoms with Crippen LogP contribution in [0.2, 0.25) is 0 Å². The quantitative estimate of drug-likeness (QED) is 0.0902. The number of unbranched alkanes of at least 4 members (excludes halogenated alkanes) is 13. The predicted molar refractivity (Wildman–Crippen MR) is 140 cm³/mol. The third-order valence-corrected chi connectivity index (χ3v) is 6.57. The van der Waals surface area contributed by atoms with E-state index in [1.807, 2.05) is 21.1 Å². The number of carbonyl (C=O) groups excluding carboxylic acids is 2. The van der Waals surface area contributed by atoms with Gasteiger partial charge in [0.2, 0.25) is 0 Å². The Kier molecular flexibility index (Phi) is 20.5. The highest BCUT2D eigenvalue weighted by Gasteiger charge is 2.22. The molecule has 34 heavy (non-hydrogen) atoms. The highest BCUT2D eigenvalue weighted by Crippen LogP contribution is 2.19. The minimum atomic E-state index is -1.17. The molecule has 2 unspecified atom stereocenters. The van der Waals surface area contributed by atoms with Crippen LogP contribution in [0.4, 0.5) is 0 Å². The molecule has 5 heteroatoms. The molecule has 0 aliphatic rings. The summed E-state index contributed by atoms with van der Waals surface area (Å²) in [6.45, 7) is 5.17. The summed E-state index contributed by atoms with van der Waals surface area (Å²) in [4.78, 5) is 23.0. The third-order valence-electron chi connectivity index (χ3n) is 6.57. The molecule has 0 amide bonds. The summed E-state index contributed by atoms with van der Waals surface area (Å²) in [5.41, 5.74) is 0. The number of aliphatic carboxylic acids is 1. The molecule has 2 atom stereocenters. The van der Waals surface area contributed by atoms with Gasteiger partial charge in [-0.3, -0.25) is 4.79 Å². The summed E-state index contributed by atoms with van der Waals surface area (Å²) >= 11 is 0. The molecule has 0 heterocycles. The Morgan fingerprint density at radius 3 is 1.62 bits per heavy atom. The molecular weight excluding hydrogens is 426 g/mol. The molecule has 0 rings (SSSR count). The van der Waals surface area contributed by atoms with E-state index < -0.39 is 12.1 Å². The Hall–Kier alpha value is -1.10. The summed E-state index contributed by atoms with van der Waals surface area (Å²) in [5.74, 6) is -0.580. The Labute approximate surface area is 211 Å². The fraction of sp³-hybridized carbons (Fsp3) is 0.931. The monoisotopic (exact) mass is 483 g/mol. The van der Waals surface area contributed by atoms with Gasteiger partial charge in [-0.1, -0.05) is 117 Å². The SMILES string of the molecule is CCCCCCCCCC(C)CCCCCCCCCCC(=O)OC(CC(=O)[O-])C[N+](C)(C)C. The van der Waals surface area contributed by atoms with Crippen LogP contribution in [0.25, 0.3) is 0 Å². The Morgan fingerprint density at radius 1 is 0.735 bits per heavy atom. The van der Waals surface area contributed by atoms with Crippen molar-refractivity contribution in [1.29, 1.82) is 0 Å². The second-order valence-corrected chi connectivity index (χ2v) is 11.5. The topological polar surface area (TPSA) is 66.4 Å². The van der Waals surface area contributed by atoms with E-state index in [-0.39, 0.29) is 12.4 Å². The maximum absolute atomic E-state index is 12.1. The van der Waals surface area contributed by atoms with Crippen molar-refractivity contribution in [2.24, 2.45) is 5.92 Å². The van der Waals surface area contributed by atoms with Gasteiger partial charge in [0.15, 0.2) is 6.10 Å². The molecule has 5 nitrogen and oxygen atoms in total. The van der Waals surface area contributed by atoms with E-state index >= 15 is 0 Å². The standard InChI is InChI=1S/C29H57NO4/c1-6-7-8-9-12-15-18-21-26(2)22-19-16-13-10-11-14-17-20-23-29(33)34-27(24-28(31)32)25-30(3,4)5/h26-27H,6-25H2,1-5H3. The molecule has 0 saturated carbocycles. The van der Waals surface area contributed by atoms with Crippen molar-refractivity contribution in [1.82, 2.24) is 0 Å². The number of hydrogen-bond donors (Lipinski definition) is 0. The number of likely N-dealkylation sites (N-methyl/N-ethyl adjacent to an activating group) is 1. The number of hydrogen-bond acceptors (Lipinski definition) is 4. The molecule has 0 N–H and O–H groups in total. The lowest BCUT2D eigenvalue weighted by Gasteiger charge is -2.29. The second kappa shape index (κ2) is 21.2. The lowest BCUT2D eigenvalue weighted by Crippen LogP contribution is -2.45. The molecule has 0 fully saturated rings. The van der Waals surface area contributed by atoms with Gasteiger partial charge in [0.05, 0.1) is 21.1 Å². The highest BCUT2D eigenvalue weighted by atomic mass is 16.5. The smallest absolute Gasteiger partial charge is 0.306 e. The maximum atomic E-state index is 12.1. The summed E-state index contributed by atoms with van der Waals surface area (Å²) in [6.07, 6.45) is 21.7. The maximum Gasteiger partial charge on any atom is 0.306 e. The van der Waals surface area contributed by atoms with Crippen LogP contribution in [0.15, 0.2) is 0 Å². The van der Waals surface area contributed by atoms with Gasteiger partial charge in [0.1, 0.15) is 6.54 Å². The fourth-order valence-corrected chi connectivity index (χ4v) is 4.60. The molecule has 0 bridgehead atoms. The molecule has 0 aromatic rings. The molecule has 0 radical (unpaired) electrons. The van der Waals surface area contributed by atoms with Crippen LogP contribution in [-0.2, 0) is 14.3 Å². The van der Waals surface area contributed by atoms with E-state index in [2.05, 4.69) is 13.8 Å². The van der Waals surface area contributed by atoms with Crippen LogP contribution in [-0.4, -0.2) is 50.2 Å². The van der Waals surface area contributed by atoms with Crippen LogP contribution >= 0.6 is 0 Å². The van der Waals surface area contributed by atoms with Crippen LogP contribution in [0.5, 0.6) is 0 Å². The van der Waals surface area contributed by atoms with E-state index in [1.54, 1.807) is 0 Å². The van der Waals surface area contributed by atoms with E-state index in [0.717, 1.165) is 25.2 Å². The average molecular weight is 484 g/mol. The molecule has 0 aromatic heterocycles. The van der Waals surface area contributed by atoms with Gasteiger partial charge in [-0.15, -0.1) is 0 Å². The number of rotatable bonds is 24. The summed E-state index contributed by atoms with van der Waals surface area (Å²) in [6, 6.07) is 0. The number of carboxylic acids is 1. The van der Waals surface area contributed by atoms with Gasteiger partial charge < -0.3 is 19.1 Å². The Balaban J connectivity index is 3.58. The first-order chi connectivity index (χ1) is 16.1. The van der Waals surface area contributed by atoms with E-state index in [0.29, 0.717) is 17.4 Å². The van der Waals surface area contributed by atoms with Crippen LogP contribution in [0, 0.1) is 5.92 Å². The van der Waals surface area contributed by atoms with Crippen LogP contribution < -0.4 is 5.11 Å². The van der Waals surface area contributed by atoms with Crippen molar-refractivity contribution in [3.63, 3.8) is 0 Å². The lowest BCUT2D eigenvalue weighted by molar-refractivity contribution is -0.873. The van der Waals surface area contributed by atoms with Crippen LogP contribution in [0.1, 0.15) is 136 Å². The van der Waals surface area contributed by atoms with Gasteiger partial charge in [0.25, 0.3) is 0 Å². The summed E-state index contributed by atoms with van der Waals surface area (Å²) < 4.78 is 5.95. The normalized spacial score (nSPS) is 13.6. The minimum absolute atomic E-state index is 0.237. The first kappa shape index (κ1) is 32.9. The second-order valence-electron chi connectivity index (χ2n) is 11.5.